The minimum Gasteiger partial charge on any atom is -0.491 e. The first-order valence-electron chi connectivity index (χ1n) is 7.92. The van der Waals surface area contributed by atoms with Crippen molar-refractivity contribution in [1.82, 2.24) is 4.90 Å². The molecule has 2 atom stereocenters. The number of benzene rings is 1. The first-order chi connectivity index (χ1) is 10.6. The van der Waals surface area contributed by atoms with Gasteiger partial charge in [0.25, 0.3) is 5.91 Å². The van der Waals surface area contributed by atoms with Crippen LogP contribution in [0.15, 0.2) is 24.3 Å². The van der Waals surface area contributed by atoms with Crippen LogP contribution in [-0.4, -0.2) is 49.8 Å². The maximum Gasteiger partial charge on any atom is 0.254 e. The Hall–Kier alpha value is -1.59. The Balaban J connectivity index is 2.09. The molecule has 2 rings (SSSR count). The van der Waals surface area contributed by atoms with E-state index in [0.717, 1.165) is 25.8 Å². The van der Waals surface area contributed by atoms with E-state index < -0.39 is 0 Å². The highest BCUT2D eigenvalue weighted by molar-refractivity contribution is 5.95. The zero-order valence-corrected chi connectivity index (χ0v) is 13.5. The second-order valence-corrected chi connectivity index (χ2v) is 5.79. The van der Waals surface area contributed by atoms with Gasteiger partial charge >= 0.3 is 0 Å². The highest BCUT2D eigenvalue weighted by atomic mass is 16.5. The van der Waals surface area contributed by atoms with Crippen molar-refractivity contribution in [3.63, 3.8) is 0 Å². The molecule has 1 aromatic rings. The molecule has 5 heteroatoms. The van der Waals surface area contributed by atoms with E-state index in [4.69, 9.17) is 15.2 Å². The Morgan fingerprint density at radius 2 is 2.23 bits per heavy atom. The van der Waals surface area contributed by atoms with E-state index in [2.05, 4.69) is 0 Å². The lowest BCUT2D eigenvalue weighted by molar-refractivity contribution is 0.0583. The average Bonchev–Trinajstić information content (AvgIpc) is 2.54. The van der Waals surface area contributed by atoms with Crippen LogP contribution in [0.5, 0.6) is 5.75 Å². The lowest BCUT2D eigenvalue weighted by Crippen LogP contribution is -2.51. The summed E-state index contributed by atoms with van der Waals surface area (Å²) in [5, 5.41) is 0. The molecule has 1 fully saturated rings. The van der Waals surface area contributed by atoms with Gasteiger partial charge in [-0.1, -0.05) is 6.07 Å². The third-order valence-electron chi connectivity index (χ3n) is 4.05. The number of rotatable bonds is 6. The SMILES string of the molecule is COCCOc1cccc(C(=O)N2CCCCC2C(C)N)c1. The normalized spacial score (nSPS) is 19.8. The number of methoxy groups -OCH3 is 1. The molecule has 2 unspecified atom stereocenters. The summed E-state index contributed by atoms with van der Waals surface area (Å²) in [6.07, 6.45) is 3.16. The number of amides is 1. The zero-order valence-electron chi connectivity index (χ0n) is 13.5. The van der Waals surface area contributed by atoms with Crippen LogP contribution in [0.3, 0.4) is 0 Å². The summed E-state index contributed by atoms with van der Waals surface area (Å²) in [7, 11) is 1.63. The van der Waals surface area contributed by atoms with Gasteiger partial charge in [0.1, 0.15) is 12.4 Å². The maximum absolute atomic E-state index is 12.8. The predicted molar refractivity (Wildman–Crippen MR) is 86.1 cm³/mol. The highest BCUT2D eigenvalue weighted by Crippen LogP contribution is 2.23. The molecule has 2 N–H and O–H groups in total. The topological polar surface area (TPSA) is 64.8 Å². The van der Waals surface area contributed by atoms with Crippen LogP contribution in [-0.2, 0) is 4.74 Å². The van der Waals surface area contributed by atoms with Crippen LogP contribution in [0.2, 0.25) is 0 Å². The zero-order chi connectivity index (χ0) is 15.9. The summed E-state index contributed by atoms with van der Waals surface area (Å²) < 4.78 is 10.5. The minimum atomic E-state index is -0.00890. The van der Waals surface area contributed by atoms with Gasteiger partial charge in [0, 0.05) is 31.3 Å². The molecule has 0 spiro atoms. The predicted octanol–water partition coefficient (Wildman–Crippen LogP) is 2.05. The number of carbonyl (C=O) groups is 1. The third kappa shape index (κ3) is 4.21. The Morgan fingerprint density at radius 1 is 1.41 bits per heavy atom. The van der Waals surface area contributed by atoms with Crippen LogP contribution < -0.4 is 10.5 Å². The van der Waals surface area contributed by atoms with Gasteiger partial charge in [-0.2, -0.15) is 0 Å². The van der Waals surface area contributed by atoms with Crippen LogP contribution in [0, 0.1) is 0 Å². The molecule has 0 bridgehead atoms. The highest BCUT2D eigenvalue weighted by Gasteiger charge is 2.29. The Labute approximate surface area is 132 Å². The molecule has 5 nitrogen and oxygen atoms in total. The van der Waals surface area contributed by atoms with E-state index in [1.165, 1.54) is 0 Å². The smallest absolute Gasteiger partial charge is 0.254 e. The lowest BCUT2D eigenvalue weighted by atomic mass is 9.96. The molecular weight excluding hydrogens is 280 g/mol. The second-order valence-electron chi connectivity index (χ2n) is 5.79. The third-order valence-corrected chi connectivity index (χ3v) is 4.05. The molecule has 1 aliphatic heterocycles. The molecule has 122 valence electrons. The van der Waals surface area contributed by atoms with E-state index in [1.54, 1.807) is 13.2 Å². The largest absolute Gasteiger partial charge is 0.491 e. The molecule has 1 aromatic carbocycles. The van der Waals surface area contributed by atoms with Gasteiger partial charge in [-0.05, 0) is 44.4 Å². The van der Waals surface area contributed by atoms with Gasteiger partial charge < -0.3 is 20.1 Å². The number of hydrogen-bond donors (Lipinski definition) is 1. The number of hydrogen-bond acceptors (Lipinski definition) is 4. The summed E-state index contributed by atoms with van der Waals surface area (Å²) in [6.45, 7) is 3.75. The summed E-state index contributed by atoms with van der Waals surface area (Å²) >= 11 is 0. The number of carbonyl (C=O) groups excluding carboxylic acids is 1. The Bertz CT molecular complexity index is 491. The molecule has 0 aromatic heterocycles. The Kier molecular flexibility index (Phi) is 6.21. The van der Waals surface area contributed by atoms with E-state index in [1.807, 2.05) is 30.0 Å². The van der Waals surface area contributed by atoms with Gasteiger partial charge in [0.15, 0.2) is 0 Å². The molecule has 1 saturated heterocycles. The first-order valence-corrected chi connectivity index (χ1v) is 7.92. The average molecular weight is 306 g/mol. The monoisotopic (exact) mass is 306 g/mol. The van der Waals surface area contributed by atoms with E-state index in [-0.39, 0.29) is 18.0 Å². The molecule has 1 aliphatic rings. The Morgan fingerprint density at radius 3 is 2.95 bits per heavy atom. The fraction of sp³-hybridized carbons (Fsp3) is 0.588. The molecule has 1 heterocycles. The second kappa shape index (κ2) is 8.15. The van der Waals surface area contributed by atoms with Crippen molar-refractivity contribution in [2.45, 2.75) is 38.3 Å². The van der Waals surface area contributed by atoms with Gasteiger partial charge in [0.05, 0.1) is 6.61 Å². The van der Waals surface area contributed by atoms with Gasteiger partial charge in [-0.25, -0.2) is 0 Å². The number of likely N-dealkylation sites (tertiary alicyclic amines) is 1. The number of nitrogens with zero attached hydrogens (tertiary/aromatic N) is 1. The van der Waals surface area contributed by atoms with Crippen molar-refractivity contribution in [1.29, 1.82) is 0 Å². The van der Waals surface area contributed by atoms with Crippen LogP contribution in [0.1, 0.15) is 36.5 Å². The quantitative estimate of drug-likeness (QED) is 0.817. The van der Waals surface area contributed by atoms with Crippen LogP contribution in [0.25, 0.3) is 0 Å². The maximum atomic E-state index is 12.8. The summed E-state index contributed by atoms with van der Waals surface area (Å²) in [6, 6.07) is 7.44. The molecule has 0 saturated carbocycles. The molecule has 0 aliphatic carbocycles. The van der Waals surface area contributed by atoms with Crippen molar-refractivity contribution >= 4 is 5.91 Å². The first kappa shape index (κ1) is 16.8. The minimum absolute atomic E-state index is 0.00890. The van der Waals surface area contributed by atoms with Crippen molar-refractivity contribution in [2.75, 3.05) is 26.9 Å². The van der Waals surface area contributed by atoms with Crippen LogP contribution in [0.4, 0.5) is 0 Å². The summed E-state index contributed by atoms with van der Waals surface area (Å²) in [5.74, 6) is 0.733. The summed E-state index contributed by atoms with van der Waals surface area (Å²) in [4.78, 5) is 14.7. The van der Waals surface area contributed by atoms with Crippen LogP contribution >= 0.6 is 0 Å². The molecule has 1 amide bonds. The van der Waals surface area contributed by atoms with Gasteiger partial charge in [0.2, 0.25) is 0 Å². The van der Waals surface area contributed by atoms with Gasteiger partial charge in [-0.3, -0.25) is 4.79 Å². The van der Waals surface area contributed by atoms with Crippen molar-refractivity contribution < 1.29 is 14.3 Å². The molecule has 22 heavy (non-hydrogen) atoms. The number of nitrogens with two attached hydrogens (primary N) is 1. The standard InChI is InChI=1S/C17H26N2O3/c1-13(18)16-8-3-4-9-19(16)17(20)14-6-5-7-15(12-14)22-11-10-21-2/h5-7,12-13,16H,3-4,8-11,18H2,1-2H3. The van der Waals surface area contributed by atoms with E-state index >= 15 is 0 Å². The summed E-state index contributed by atoms with van der Waals surface area (Å²) in [5.41, 5.74) is 6.71. The van der Waals surface area contributed by atoms with Crippen molar-refractivity contribution in [2.24, 2.45) is 5.73 Å². The van der Waals surface area contributed by atoms with Gasteiger partial charge in [-0.15, -0.1) is 0 Å². The number of piperidine rings is 1. The lowest BCUT2D eigenvalue weighted by Gasteiger charge is -2.38. The number of ether oxygens (including phenoxy) is 2. The molecular formula is C17H26N2O3. The van der Waals surface area contributed by atoms with Crippen molar-refractivity contribution in [3.8, 4) is 5.75 Å². The van der Waals surface area contributed by atoms with E-state index in [9.17, 15) is 4.79 Å². The molecule has 0 radical (unpaired) electrons. The van der Waals surface area contributed by atoms with Crippen molar-refractivity contribution in [3.05, 3.63) is 29.8 Å². The fourth-order valence-electron chi connectivity index (χ4n) is 2.88. The fourth-order valence-corrected chi connectivity index (χ4v) is 2.88. The van der Waals surface area contributed by atoms with E-state index in [0.29, 0.717) is 24.5 Å².